The van der Waals surface area contributed by atoms with Crippen LogP contribution in [0.25, 0.3) is 5.69 Å². The summed E-state index contributed by atoms with van der Waals surface area (Å²) in [6, 6.07) is 9.06. The third-order valence-corrected chi connectivity index (χ3v) is 3.40. The lowest BCUT2D eigenvalue weighted by Crippen LogP contribution is -2.24. The summed E-state index contributed by atoms with van der Waals surface area (Å²) < 4.78 is 1.41. The zero-order chi connectivity index (χ0) is 13.8. The maximum absolute atomic E-state index is 12.4. The molecule has 1 heterocycles. The van der Waals surface area contributed by atoms with E-state index in [0.29, 0.717) is 24.0 Å². The number of benzene rings is 1. The van der Waals surface area contributed by atoms with Gasteiger partial charge in [0.05, 0.1) is 10.6 Å². The van der Waals surface area contributed by atoms with Crippen LogP contribution in [0.3, 0.4) is 0 Å². The van der Waals surface area contributed by atoms with E-state index >= 15 is 0 Å². The number of carbonyl (C=O) groups excluding carboxylic acids is 1. The number of alkyl halides is 1. The lowest BCUT2D eigenvalue weighted by molar-refractivity contribution is 0.112. The van der Waals surface area contributed by atoms with Crippen molar-refractivity contribution in [2.45, 2.75) is 6.42 Å². The van der Waals surface area contributed by atoms with Crippen LogP contribution in [0.5, 0.6) is 0 Å². The molecular formula is C14H11Cl2NO2. The van der Waals surface area contributed by atoms with Crippen molar-refractivity contribution < 1.29 is 4.79 Å². The Hall–Kier alpha value is -1.58. The molecule has 0 saturated carbocycles. The summed E-state index contributed by atoms with van der Waals surface area (Å²) in [6.45, 7) is 0. The van der Waals surface area contributed by atoms with Crippen molar-refractivity contribution in [1.29, 1.82) is 0 Å². The first-order chi connectivity index (χ1) is 9.19. The van der Waals surface area contributed by atoms with Crippen LogP contribution in [0.1, 0.15) is 15.9 Å². The zero-order valence-electron chi connectivity index (χ0n) is 9.98. The van der Waals surface area contributed by atoms with Crippen molar-refractivity contribution in [3.05, 3.63) is 63.0 Å². The number of rotatable bonds is 4. The highest BCUT2D eigenvalue weighted by Crippen LogP contribution is 2.19. The minimum atomic E-state index is -0.248. The second kappa shape index (κ2) is 6.04. The van der Waals surface area contributed by atoms with Gasteiger partial charge in [0.1, 0.15) is 0 Å². The van der Waals surface area contributed by atoms with Gasteiger partial charge in [-0.25, -0.2) is 0 Å². The molecule has 0 atom stereocenters. The van der Waals surface area contributed by atoms with Gasteiger partial charge < -0.3 is 0 Å². The molecule has 0 aliphatic rings. The van der Waals surface area contributed by atoms with E-state index in [-0.39, 0.29) is 22.0 Å². The van der Waals surface area contributed by atoms with Gasteiger partial charge in [0, 0.05) is 23.3 Å². The standard InChI is InChI=1S/C14H11Cl2NO2/c15-7-6-12-13(16)10(9-18)8-17(14(12)19)11-4-2-1-3-5-11/h1-5,8-9H,6-7H2. The van der Waals surface area contributed by atoms with Crippen LogP contribution in [0.15, 0.2) is 41.3 Å². The third kappa shape index (κ3) is 2.72. The molecule has 0 spiro atoms. The molecule has 2 rings (SSSR count). The highest BCUT2D eigenvalue weighted by Gasteiger charge is 2.14. The average Bonchev–Trinajstić information content (AvgIpc) is 2.45. The average molecular weight is 296 g/mol. The fraction of sp³-hybridized carbons (Fsp3) is 0.143. The minimum absolute atomic E-state index is 0.188. The van der Waals surface area contributed by atoms with Crippen molar-refractivity contribution in [3.8, 4) is 5.69 Å². The number of halogens is 2. The van der Waals surface area contributed by atoms with Crippen molar-refractivity contribution in [3.63, 3.8) is 0 Å². The molecular weight excluding hydrogens is 285 g/mol. The van der Waals surface area contributed by atoms with Gasteiger partial charge >= 0.3 is 0 Å². The molecule has 0 fully saturated rings. The molecule has 0 aliphatic heterocycles. The molecule has 2 aromatic rings. The number of pyridine rings is 1. The zero-order valence-corrected chi connectivity index (χ0v) is 11.5. The van der Waals surface area contributed by atoms with E-state index in [2.05, 4.69) is 0 Å². The Bertz CT molecular complexity index is 650. The molecule has 0 bridgehead atoms. The third-order valence-electron chi connectivity index (χ3n) is 2.77. The van der Waals surface area contributed by atoms with Crippen LogP contribution in [-0.2, 0) is 6.42 Å². The summed E-state index contributed by atoms with van der Waals surface area (Å²) in [7, 11) is 0. The first-order valence-corrected chi connectivity index (χ1v) is 6.61. The van der Waals surface area contributed by atoms with Crippen molar-refractivity contribution in [2.24, 2.45) is 0 Å². The number of hydrogen-bond acceptors (Lipinski definition) is 2. The second-order valence-corrected chi connectivity index (χ2v) is 4.70. The Morgan fingerprint density at radius 3 is 2.47 bits per heavy atom. The van der Waals surface area contributed by atoms with E-state index < -0.39 is 0 Å². The monoisotopic (exact) mass is 295 g/mol. The normalized spacial score (nSPS) is 10.4. The molecule has 5 heteroatoms. The van der Waals surface area contributed by atoms with E-state index in [1.54, 1.807) is 12.1 Å². The fourth-order valence-corrected chi connectivity index (χ4v) is 2.30. The Kier molecular flexibility index (Phi) is 4.40. The summed E-state index contributed by atoms with van der Waals surface area (Å²) in [5.41, 5.74) is 1.08. The van der Waals surface area contributed by atoms with Gasteiger partial charge in [-0.2, -0.15) is 0 Å². The predicted molar refractivity (Wildman–Crippen MR) is 76.9 cm³/mol. The van der Waals surface area contributed by atoms with E-state index in [0.717, 1.165) is 0 Å². The predicted octanol–water partition coefficient (Wildman–Crippen LogP) is 3.08. The summed E-state index contributed by atoms with van der Waals surface area (Å²) in [4.78, 5) is 23.4. The van der Waals surface area contributed by atoms with E-state index in [4.69, 9.17) is 23.2 Å². The van der Waals surface area contributed by atoms with Crippen LogP contribution in [0.4, 0.5) is 0 Å². The minimum Gasteiger partial charge on any atom is -0.298 e. The van der Waals surface area contributed by atoms with E-state index in [1.165, 1.54) is 10.8 Å². The lowest BCUT2D eigenvalue weighted by atomic mass is 10.1. The Labute approximate surface area is 120 Å². The molecule has 1 aromatic heterocycles. The van der Waals surface area contributed by atoms with Gasteiger partial charge in [-0.3, -0.25) is 14.2 Å². The number of nitrogens with zero attached hydrogens (tertiary/aromatic N) is 1. The largest absolute Gasteiger partial charge is 0.298 e. The first-order valence-electron chi connectivity index (χ1n) is 5.69. The SMILES string of the molecule is O=Cc1cn(-c2ccccc2)c(=O)c(CCCl)c1Cl. The Morgan fingerprint density at radius 2 is 1.89 bits per heavy atom. The van der Waals surface area contributed by atoms with Crippen LogP contribution >= 0.6 is 23.2 Å². The van der Waals surface area contributed by atoms with E-state index in [9.17, 15) is 9.59 Å². The topological polar surface area (TPSA) is 39.1 Å². The number of hydrogen-bond donors (Lipinski definition) is 0. The summed E-state index contributed by atoms with van der Waals surface area (Å²) >= 11 is 11.7. The maximum atomic E-state index is 12.4. The summed E-state index contributed by atoms with van der Waals surface area (Å²) in [5.74, 6) is 0.270. The number of carbonyl (C=O) groups is 1. The summed E-state index contributed by atoms with van der Waals surface area (Å²) in [5, 5.41) is 0.188. The molecule has 0 aliphatic carbocycles. The molecule has 0 unspecified atom stereocenters. The van der Waals surface area contributed by atoms with Crippen molar-refractivity contribution in [2.75, 3.05) is 5.88 Å². The van der Waals surface area contributed by atoms with Gasteiger partial charge in [-0.1, -0.05) is 29.8 Å². The molecule has 3 nitrogen and oxygen atoms in total. The number of aldehydes is 1. The Balaban J connectivity index is 2.72. The second-order valence-electron chi connectivity index (χ2n) is 3.94. The highest BCUT2D eigenvalue weighted by molar-refractivity contribution is 6.33. The van der Waals surface area contributed by atoms with Gasteiger partial charge in [0.25, 0.3) is 5.56 Å². The Morgan fingerprint density at radius 1 is 1.21 bits per heavy atom. The fourth-order valence-electron chi connectivity index (χ4n) is 1.84. The molecule has 0 N–H and O–H groups in total. The highest BCUT2D eigenvalue weighted by atomic mass is 35.5. The van der Waals surface area contributed by atoms with Crippen molar-refractivity contribution in [1.82, 2.24) is 4.57 Å². The molecule has 0 radical (unpaired) electrons. The molecule has 19 heavy (non-hydrogen) atoms. The van der Waals surface area contributed by atoms with Crippen LogP contribution in [0.2, 0.25) is 5.02 Å². The van der Waals surface area contributed by atoms with Crippen LogP contribution in [0, 0.1) is 0 Å². The van der Waals surface area contributed by atoms with Gasteiger partial charge in [0.15, 0.2) is 6.29 Å². The first kappa shape index (κ1) is 13.8. The molecule has 0 amide bonds. The lowest BCUT2D eigenvalue weighted by Gasteiger charge is -2.11. The summed E-state index contributed by atoms with van der Waals surface area (Å²) in [6.07, 6.45) is 2.41. The molecule has 98 valence electrons. The number of aromatic nitrogens is 1. The van der Waals surface area contributed by atoms with Gasteiger partial charge in [-0.15, -0.1) is 11.6 Å². The van der Waals surface area contributed by atoms with Gasteiger partial charge in [-0.05, 0) is 18.6 Å². The molecule has 0 saturated heterocycles. The van der Waals surface area contributed by atoms with Crippen LogP contribution in [-0.4, -0.2) is 16.7 Å². The quantitative estimate of drug-likeness (QED) is 0.642. The van der Waals surface area contributed by atoms with Crippen LogP contribution < -0.4 is 5.56 Å². The molecule has 1 aromatic carbocycles. The smallest absolute Gasteiger partial charge is 0.259 e. The van der Waals surface area contributed by atoms with Crippen molar-refractivity contribution >= 4 is 29.5 Å². The van der Waals surface area contributed by atoms with Gasteiger partial charge in [0.2, 0.25) is 0 Å². The maximum Gasteiger partial charge on any atom is 0.259 e. The number of para-hydroxylation sites is 1. The van der Waals surface area contributed by atoms with E-state index in [1.807, 2.05) is 18.2 Å².